The predicted octanol–water partition coefficient (Wildman–Crippen LogP) is 2.60. The summed E-state index contributed by atoms with van der Waals surface area (Å²) in [4.78, 5) is 15.8. The molecule has 4 heteroatoms. The quantitative estimate of drug-likeness (QED) is 0.789. The van der Waals surface area contributed by atoms with Crippen LogP contribution in [0.25, 0.3) is 10.9 Å². The van der Waals surface area contributed by atoms with Gasteiger partial charge in [-0.15, -0.1) is 0 Å². The average Bonchev–Trinajstić information content (AvgIpc) is 2.31. The van der Waals surface area contributed by atoms with Crippen molar-refractivity contribution in [2.24, 2.45) is 0 Å². The summed E-state index contributed by atoms with van der Waals surface area (Å²) in [6.07, 6.45) is 0. The minimum atomic E-state index is -0.233. The van der Waals surface area contributed by atoms with Gasteiger partial charge in [-0.2, -0.15) is 0 Å². The molecule has 4 nitrogen and oxygen atoms in total. The number of carbonyl (C=O) groups excluding carboxylic acids is 1. The first-order valence-electron chi connectivity index (χ1n) is 5.47. The van der Waals surface area contributed by atoms with Crippen molar-refractivity contribution in [3.63, 3.8) is 0 Å². The number of rotatable bonds is 1. The average molecular weight is 229 g/mol. The van der Waals surface area contributed by atoms with E-state index in [1.807, 2.05) is 38.1 Å². The van der Waals surface area contributed by atoms with Crippen LogP contribution in [0.2, 0.25) is 0 Å². The van der Waals surface area contributed by atoms with Crippen molar-refractivity contribution in [3.8, 4) is 0 Å². The first kappa shape index (κ1) is 11.4. The van der Waals surface area contributed by atoms with E-state index in [1.165, 1.54) is 0 Å². The summed E-state index contributed by atoms with van der Waals surface area (Å²) in [6, 6.07) is 7.71. The van der Waals surface area contributed by atoms with Crippen LogP contribution in [-0.2, 0) is 0 Å². The maximum atomic E-state index is 11.3. The highest BCUT2D eigenvalue weighted by Crippen LogP contribution is 2.22. The predicted molar refractivity (Wildman–Crippen MR) is 69.3 cm³/mol. The number of urea groups is 1. The minimum absolute atomic E-state index is 0.233. The molecular weight excluding hydrogens is 214 g/mol. The van der Waals surface area contributed by atoms with E-state index in [0.717, 1.165) is 27.8 Å². The van der Waals surface area contributed by atoms with Gasteiger partial charge in [0.05, 0.1) is 16.9 Å². The molecule has 0 fully saturated rings. The number of aryl methyl sites for hydroxylation is 2. The van der Waals surface area contributed by atoms with Crippen LogP contribution < -0.4 is 10.6 Å². The number of amides is 2. The minimum Gasteiger partial charge on any atom is -0.341 e. The maximum Gasteiger partial charge on any atom is 0.319 e. The Labute approximate surface area is 100 Å². The van der Waals surface area contributed by atoms with Gasteiger partial charge in [-0.25, -0.2) is 4.79 Å². The van der Waals surface area contributed by atoms with Gasteiger partial charge in [-0.1, -0.05) is 12.1 Å². The monoisotopic (exact) mass is 229 g/mol. The largest absolute Gasteiger partial charge is 0.341 e. The smallest absolute Gasteiger partial charge is 0.319 e. The van der Waals surface area contributed by atoms with Crippen molar-refractivity contribution >= 4 is 22.6 Å². The van der Waals surface area contributed by atoms with Gasteiger partial charge in [0.15, 0.2) is 0 Å². The first-order chi connectivity index (χ1) is 8.11. The van der Waals surface area contributed by atoms with Gasteiger partial charge in [0.25, 0.3) is 0 Å². The highest BCUT2D eigenvalue weighted by atomic mass is 16.2. The van der Waals surface area contributed by atoms with Gasteiger partial charge in [0.1, 0.15) is 0 Å². The Bertz CT molecular complexity index is 578. The maximum absolute atomic E-state index is 11.3. The van der Waals surface area contributed by atoms with Crippen LogP contribution in [0.4, 0.5) is 10.5 Å². The number of hydrogen-bond acceptors (Lipinski definition) is 2. The second-order valence-electron chi connectivity index (χ2n) is 3.97. The van der Waals surface area contributed by atoms with Crippen molar-refractivity contribution in [1.82, 2.24) is 10.3 Å². The molecule has 0 atom stereocenters. The lowest BCUT2D eigenvalue weighted by Crippen LogP contribution is -2.25. The molecule has 0 aliphatic rings. The van der Waals surface area contributed by atoms with Gasteiger partial charge in [0.2, 0.25) is 0 Å². The van der Waals surface area contributed by atoms with Gasteiger partial charge in [0, 0.05) is 12.4 Å². The van der Waals surface area contributed by atoms with E-state index in [2.05, 4.69) is 15.6 Å². The van der Waals surface area contributed by atoms with E-state index in [1.54, 1.807) is 7.05 Å². The van der Waals surface area contributed by atoms with E-state index >= 15 is 0 Å². The van der Waals surface area contributed by atoms with Gasteiger partial charge >= 0.3 is 6.03 Å². The van der Waals surface area contributed by atoms with Crippen LogP contribution in [0.3, 0.4) is 0 Å². The van der Waals surface area contributed by atoms with E-state index in [4.69, 9.17) is 0 Å². The van der Waals surface area contributed by atoms with Crippen LogP contribution in [-0.4, -0.2) is 18.1 Å². The van der Waals surface area contributed by atoms with Crippen LogP contribution in [0.1, 0.15) is 11.3 Å². The standard InChI is InChI=1S/C13H15N3O/c1-8-5-4-6-11-10(8)7-12(9(2)15-11)16-13(17)14-3/h4-7H,1-3H3,(H2,14,16,17). The summed E-state index contributed by atoms with van der Waals surface area (Å²) in [5, 5.41) is 6.35. The highest BCUT2D eigenvalue weighted by molar-refractivity contribution is 5.93. The lowest BCUT2D eigenvalue weighted by Gasteiger charge is -2.10. The number of pyridine rings is 1. The molecule has 2 amide bonds. The normalized spacial score (nSPS) is 10.3. The molecule has 2 N–H and O–H groups in total. The SMILES string of the molecule is CNC(=O)Nc1cc2c(C)cccc2nc1C. The third-order valence-electron chi connectivity index (χ3n) is 2.74. The fraction of sp³-hybridized carbons (Fsp3) is 0.231. The zero-order valence-corrected chi connectivity index (χ0v) is 10.2. The topological polar surface area (TPSA) is 54.0 Å². The molecule has 1 aromatic carbocycles. The molecule has 1 heterocycles. The van der Waals surface area contributed by atoms with Gasteiger partial charge in [-0.05, 0) is 31.5 Å². The summed E-state index contributed by atoms with van der Waals surface area (Å²) in [6.45, 7) is 3.91. The van der Waals surface area contributed by atoms with E-state index < -0.39 is 0 Å². The molecule has 2 rings (SSSR count). The van der Waals surface area contributed by atoms with Crippen molar-refractivity contribution in [2.45, 2.75) is 13.8 Å². The Morgan fingerprint density at radius 2 is 2.06 bits per heavy atom. The second-order valence-corrected chi connectivity index (χ2v) is 3.97. The molecule has 0 unspecified atom stereocenters. The fourth-order valence-corrected chi connectivity index (χ4v) is 1.75. The van der Waals surface area contributed by atoms with Crippen molar-refractivity contribution < 1.29 is 4.79 Å². The lowest BCUT2D eigenvalue weighted by atomic mass is 10.1. The number of nitrogens with one attached hydrogen (secondary N) is 2. The highest BCUT2D eigenvalue weighted by Gasteiger charge is 2.06. The summed E-state index contributed by atoms with van der Waals surface area (Å²) in [5.41, 5.74) is 3.65. The molecule has 0 spiro atoms. The molecule has 2 aromatic rings. The van der Waals surface area contributed by atoms with Crippen LogP contribution in [0, 0.1) is 13.8 Å². The number of benzene rings is 1. The Hall–Kier alpha value is -2.10. The van der Waals surface area contributed by atoms with Crippen LogP contribution in [0.5, 0.6) is 0 Å². The van der Waals surface area contributed by atoms with Crippen LogP contribution >= 0.6 is 0 Å². The summed E-state index contributed by atoms with van der Waals surface area (Å²) in [7, 11) is 1.59. The Kier molecular flexibility index (Phi) is 2.95. The third-order valence-corrected chi connectivity index (χ3v) is 2.74. The van der Waals surface area contributed by atoms with Gasteiger partial charge in [-0.3, -0.25) is 4.98 Å². The van der Waals surface area contributed by atoms with E-state index in [9.17, 15) is 4.79 Å². The van der Waals surface area contributed by atoms with Crippen molar-refractivity contribution in [1.29, 1.82) is 0 Å². The zero-order valence-electron chi connectivity index (χ0n) is 10.2. The van der Waals surface area contributed by atoms with Gasteiger partial charge < -0.3 is 10.6 Å². The number of nitrogens with zero attached hydrogens (tertiary/aromatic N) is 1. The molecule has 1 aromatic heterocycles. The molecule has 0 bridgehead atoms. The van der Waals surface area contributed by atoms with Crippen molar-refractivity contribution in [2.75, 3.05) is 12.4 Å². The van der Waals surface area contributed by atoms with E-state index in [0.29, 0.717) is 0 Å². The lowest BCUT2D eigenvalue weighted by molar-refractivity contribution is 0.254. The Morgan fingerprint density at radius 3 is 2.76 bits per heavy atom. The van der Waals surface area contributed by atoms with Crippen molar-refractivity contribution in [3.05, 3.63) is 35.5 Å². The number of fused-ring (bicyclic) bond motifs is 1. The molecule has 0 radical (unpaired) electrons. The Balaban J connectivity index is 2.54. The third kappa shape index (κ3) is 2.20. The molecule has 17 heavy (non-hydrogen) atoms. The molecule has 0 saturated carbocycles. The summed E-state index contributed by atoms with van der Waals surface area (Å²) < 4.78 is 0. The molecular formula is C13H15N3O. The van der Waals surface area contributed by atoms with E-state index in [-0.39, 0.29) is 6.03 Å². The summed E-state index contributed by atoms with van der Waals surface area (Å²) in [5.74, 6) is 0. The fourth-order valence-electron chi connectivity index (χ4n) is 1.75. The molecule has 0 aliphatic carbocycles. The zero-order chi connectivity index (χ0) is 12.4. The summed E-state index contributed by atoms with van der Waals surface area (Å²) >= 11 is 0. The number of aromatic nitrogens is 1. The molecule has 88 valence electrons. The van der Waals surface area contributed by atoms with Crippen LogP contribution in [0.15, 0.2) is 24.3 Å². The number of hydrogen-bond donors (Lipinski definition) is 2. The Morgan fingerprint density at radius 1 is 1.29 bits per heavy atom. The number of anilines is 1. The first-order valence-corrected chi connectivity index (χ1v) is 5.47. The molecule has 0 saturated heterocycles. The second kappa shape index (κ2) is 4.41. The number of carbonyl (C=O) groups is 1. The molecule has 0 aliphatic heterocycles.